The predicted molar refractivity (Wildman–Crippen MR) is 68.5 cm³/mol. The van der Waals surface area contributed by atoms with Crippen LogP contribution in [0, 0.1) is 0 Å². The second-order valence-corrected chi connectivity index (χ2v) is 4.29. The lowest BCUT2D eigenvalue weighted by Gasteiger charge is -2.19. The first-order chi connectivity index (χ1) is 9.35. The molecule has 2 atom stereocenters. The molecule has 0 aromatic carbocycles. The molecule has 0 aliphatic heterocycles. The number of nitrogens with zero attached hydrogens (tertiary/aromatic N) is 1. The zero-order valence-corrected chi connectivity index (χ0v) is 11.2. The van der Waals surface area contributed by atoms with Crippen LogP contribution in [0.1, 0.15) is 32.7 Å². The van der Waals surface area contributed by atoms with Crippen molar-refractivity contribution in [3.63, 3.8) is 0 Å². The minimum Gasteiger partial charge on any atom is -0.481 e. The molecule has 0 amide bonds. The SMILES string of the molecule is CCC(C)OC(=O)C(CC(=O)O)n1ccc(=O)[nH]c1=O. The van der Waals surface area contributed by atoms with Crippen molar-refractivity contribution in [3.8, 4) is 0 Å². The topological polar surface area (TPSA) is 118 Å². The number of esters is 1. The van der Waals surface area contributed by atoms with E-state index in [0.29, 0.717) is 6.42 Å². The summed E-state index contributed by atoms with van der Waals surface area (Å²) in [5.41, 5.74) is -1.49. The monoisotopic (exact) mass is 284 g/mol. The fourth-order valence-corrected chi connectivity index (χ4v) is 1.49. The molecule has 0 saturated heterocycles. The summed E-state index contributed by atoms with van der Waals surface area (Å²) in [5.74, 6) is -2.08. The molecule has 2 unspecified atom stereocenters. The smallest absolute Gasteiger partial charge is 0.330 e. The Balaban J connectivity index is 3.11. The molecule has 0 aliphatic carbocycles. The summed E-state index contributed by atoms with van der Waals surface area (Å²) in [7, 11) is 0. The van der Waals surface area contributed by atoms with Crippen LogP contribution in [0.4, 0.5) is 0 Å². The number of nitrogens with one attached hydrogen (secondary N) is 1. The lowest BCUT2D eigenvalue weighted by molar-refractivity contribution is -0.156. The molecule has 0 spiro atoms. The molecule has 0 radical (unpaired) electrons. The van der Waals surface area contributed by atoms with E-state index in [0.717, 1.165) is 16.8 Å². The highest BCUT2D eigenvalue weighted by Gasteiger charge is 2.27. The van der Waals surface area contributed by atoms with Gasteiger partial charge in [-0.2, -0.15) is 0 Å². The number of carboxylic acid groups (broad SMARTS) is 1. The van der Waals surface area contributed by atoms with Gasteiger partial charge in [-0.3, -0.25) is 19.1 Å². The van der Waals surface area contributed by atoms with Crippen molar-refractivity contribution >= 4 is 11.9 Å². The summed E-state index contributed by atoms with van der Waals surface area (Å²) in [6.07, 6.45) is 0.636. The molecule has 8 heteroatoms. The molecule has 1 heterocycles. The predicted octanol–water partition coefficient (Wildman–Crippen LogP) is -0.106. The molecule has 110 valence electrons. The van der Waals surface area contributed by atoms with Gasteiger partial charge >= 0.3 is 17.6 Å². The van der Waals surface area contributed by atoms with E-state index in [2.05, 4.69) is 0 Å². The standard InChI is InChI=1S/C12H16N2O6/c1-3-7(2)20-11(18)8(6-10(16)17)14-5-4-9(15)13-12(14)19/h4-5,7-8H,3,6H2,1-2H3,(H,16,17)(H,13,15,19). The van der Waals surface area contributed by atoms with E-state index < -0.39 is 41.8 Å². The Hall–Kier alpha value is -2.38. The first kappa shape index (κ1) is 15.7. The highest BCUT2D eigenvalue weighted by atomic mass is 16.5. The number of hydrogen-bond donors (Lipinski definition) is 2. The fraction of sp³-hybridized carbons (Fsp3) is 0.500. The summed E-state index contributed by atoms with van der Waals surface area (Å²) in [5, 5.41) is 8.84. The number of H-pyrrole nitrogens is 1. The van der Waals surface area contributed by atoms with E-state index in [-0.39, 0.29) is 0 Å². The van der Waals surface area contributed by atoms with Crippen LogP contribution < -0.4 is 11.2 Å². The van der Waals surface area contributed by atoms with E-state index >= 15 is 0 Å². The largest absolute Gasteiger partial charge is 0.481 e. The number of carbonyl (C=O) groups is 2. The molecule has 1 aromatic heterocycles. The van der Waals surface area contributed by atoms with Gasteiger partial charge in [0, 0.05) is 12.3 Å². The molecule has 1 rings (SSSR count). The maximum absolute atomic E-state index is 11.9. The molecule has 8 nitrogen and oxygen atoms in total. The van der Waals surface area contributed by atoms with Crippen LogP contribution in [0.2, 0.25) is 0 Å². The highest BCUT2D eigenvalue weighted by molar-refractivity contribution is 5.80. The minimum atomic E-state index is -1.31. The summed E-state index contributed by atoms with van der Waals surface area (Å²) < 4.78 is 5.90. The van der Waals surface area contributed by atoms with E-state index in [4.69, 9.17) is 9.84 Å². The minimum absolute atomic E-state index is 0.391. The van der Waals surface area contributed by atoms with Crippen LogP contribution in [0.15, 0.2) is 21.9 Å². The number of carboxylic acids is 1. The van der Waals surface area contributed by atoms with Gasteiger partial charge < -0.3 is 9.84 Å². The Labute approximate surface area is 114 Å². The summed E-state index contributed by atoms with van der Waals surface area (Å²) in [4.78, 5) is 47.3. The lowest BCUT2D eigenvalue weighted by atomic mass is 10.2. The van der Waals surface area contributed by atoms with Crippen LogP contribution in [0.5, 0.6) is 0 Å². The van der Waals surface area contributed by atoms with Crippen LogP contribution >= 0.6 is 0 Å². The molecule has 1 aromatic rings. The van der Waals surface area contributed by atoms with Gasteiger partial charge in [-0.25, -0.2) is 9.59 Å². The zero-order valence-electron chi connectivity index (χ0n) is 11.2. The Morgan fingerprint density at radius 3 is 2.60 bits per heavy atom. The van der Waals surface area contributed by atoms with Crippen LogP contribution in [0.3, 0.4) is 0 Å². The highest BCUT2D eigenvalue weighted by Crippen LogP contribution is 2.13. The molecule has 0 saturated carbocycles. The third kappa shape index (κ3) is 4.08. The van der Waals surface area contributed by atoms with Crippen molar-refractivity contribution in [2.75, 3.05) is 0 Å². The van der Waals surface area contributed by atoms with E-state index in [1.165, 1.54) is 0 Å². The fourth-order valence-electron chi connectivity index (χ4n) is 1.49. The van der Waals surface area contributed by atoms with E-state index in [9.17, 15) is 19.2 Å². The number of aromatic nitrogens is 2. The van der Waals surface area contributed by atoms with Crippen molar-refractivity contribution in [1.82, 2.24) is 9.55 Å². The quantitative estimate of drug-likeness (QED) is 0.704. The third-order valence-electron chi connectivity index (χ3n) is 2.72. The molecular weight excluding hydrogens is 268 g/mol. The number of hydrogen-bond acceptors (Lipinski definition) is 5. The normalized spacial score (nSPS) is 13.5. The lowest BCUT2D eigenvalue weighted by Crippen LogP contribution is -2.37. The van der Waals surface area contributed by atoms with Gasteiger partial charge in [-0.1, -0.05) is 6.92 Å². The van der Waals surface area contributed by atoms with Gasteiger partial charge in [-0.15, -0.1) is 0 Å². The molecule has 0 fully saturated rings. The molecule has 2 N–H and O–H groups in total. The van der Waals surface area contributed by atoms with Gasteiger partial charge in [0.05, 0.1) is 12.5 Å². The van der Waals surface area contributed by atoms with Gasteiger partial charge in [0.15, 0.2) is 0 Å². The Morgan fingerprint density at radius 2 is 2.10 bits per heavy atom. The van der Waals surface area contributed by atoms with Gasteiger partial charge in [-0.05, 0) is 13.3 Å². The first-order valence-corrected chi connectivity index (χ1v) is 6.09. The second-order valence-electron chi connectivity index (χ2n) is 4.29. The number of carbonyl (C=O) groups excluding carboxylic acids is 1. The molecule has 0 aliphatic rings. The Morgan fingerprint density at radius 1 is 1.45 bits per heavy atom. The summed E-state index contributed by atoms with van der Waals surface area (Å²) in [6.45, 7) is 3.46. The zero-order chi connectivity index (χ0) is 15.3. The average Bonchev–Trinajstić information content (AvgIpc) is 2.36. The van der Waals surface area contributed by atoms with Gasteiger partial charge in [0.1, 0.15) is 6.04 Å². The third-order valence-corrected chi connectivity index (χ3v) is 2.72. The van der Waals surface area contributed by atoms with Crippen molar-refractivity contribution in [2.24, 2.45) is 0 Å². The van der Waals surface area contributed by atoms with E-state index in [1.807, 2.05) is 4.98 Å². The maximum atomic E-state index is 11.9. The Kier molecular flexibility index (Phi) is 5.24. The van der Waals surface area contributed by atoms with Gasteiger partial charge in [0.25, 0.3) is 5.56 Å². The van der Waals surface area contributed by atoms with Crippen molar-refractivity contribution < 1.29 is 19.4 Å². The maximum Gasteiger partial charge on any atom is 0.330 e. The van der Waals surface area contributed by atoms with Crippen LogP contribution in [-0.2, 0) is 14.3 Å². The number of rotatable bonds is 6. The molecule has 0 bridgehead atoms. The summed E-state index contributed by atoms with van der Waals surface area (Å²) in [6, 6.07) is -0.280. The first-order valence-electron chi connectivity index (χ1n) is 6.09. The molecular formula is C12H16N2O6. The van der Waals surface area contributed by atoms with Gasteiger partial charge in [0.2, 0.25) is 0 Å². The summed E-state index contributed by atoms with van der Waals surface area (Å²) >= 11 is 0. The van der Waals surface area contributed by atoms with Crippen molar-refractivity contribution in [2.45, 2.75) is 38.8 Å². The van der Waals surface area contributed by atoms with Crippen molar-refractivity contribution in [1.29, 1.82) is 0 Å². The van der Waals surface area contributed by atoms with Crippen LogP contribution in [0.25, 0.3) is 0 Å². The number of aromatic amines is 1. The molecule has 20 heavy (non-hydrogen) atoms. The van der Waals surface area contributed by atoms with E-state index in [1.54, 1.807) is 13.8 Å². The van der Waals surface area contributed by atoms with Crippen LogP contribution in [-0.4, -0.2) is 32.7 Å². The number of ether oxygens (including phenoxy) is 1. The number of aliphatic carboxylic acids is 1. The Bertz CT molecular complexity index is 602. The van der Waals surface area contributed by atoms with Crippen molar-refractivity contribution in [3.05, 3.63) is 33.1 Å². The average molecular weight is 284 g/mol. The second kappa shape index (κ2) is 6.69.